The Morgan fingerprint density at radius 3 is 2.43 bits per heavy atom. The Hall–Kier alpha value is -1.39. The average molecular weight is 193 g/mol. The van der Waals surface area contributed by atoms with Crippen LogP contribution in [-0.2, 0) is 4.79 Å². The number of carbonyl (C=O) groups is 1. The molecule has 1 aromatic carbocycles. The number of nitrogens with one attached hydrogen (secondary N) is 1. The van der Waals surface area contributed by atoms with E-state index in [2.05, 4.69) is 5.32 Å². The van der Waals surface area contributed by atoms with E-state index in [9.17, 15) is 4.79 Å². The van der Waals surface area contributed by atoms with Gasteiger partial charge in [0.15, 0.2) is 0 Å². The van der Waals surface area contributed by atoms with Crippen LogP contribution in [0.3, 0.4) is 0 Å². The van der Waals surface area contributed by atoms with Gasteiger partial charge in [-0.25, -0.2) is 0 Å². The molecule has 0 heterocycles. The number of hydrogen-bond acceptors (Lipinski definition) is 3. The van der Waals surface area contributed by atoms with Crippen LogP contribution in [0.4, 0.5) is 5.69 Å². The van der Waals surface area contributed by atoms with Gasteiger partial charge in [0.05, 0.1) is 0 Å². The quantitative estimate of drug-likeness (QED) is 0.657. The summed E-state index contributed by atoms with van der Waals surface area (Å²) >= 11 is 0. The van der Waals surface area contributed by atoms with Gasteiger partial charge in [0.25, 0.3) is 0 Å². The van der Waals surface area contributed by atoms with Gasteiger partial charge < -0.3 is 16.8 Å². The highest BCUT2D eigenvalue weighted by atomic mass is 16.1. The number of hydrogen-bond donors (Lipinski definition) is 3. The zero-order valence-electron chi connectivity index (χ0n) is 8.16. The first kappa shape index (κ1) is 10.7. The van der Waals surface area contributed by atoms with Crippen LogP contribution in [0.2, 0.25) is 0 Å². The molecule has 1 aromatic rings. The molecule has 1 unspecified atom stereocenters. The van der Waals surface area contributed by atoms with Gasteiger partial charge in [0, 0.05) is 25.2 Å². The van der Waals surface area contributed by atoms with Crippen LogP contribution in [0.1, 0.15) is 18.5 Å². The highest BCUT2D eigenvalue weighted by Gasteiger charge is 2.02. The van der Waals surface area contributed by atoms with Crippen molar-refractivity contribution >= 4 is 11.6 Å². The Labute approximate surface area is 83.3 Å². The summed E-state index contributed by atoms with van der Waals surface area (Å²) in [7, 11) is 0. The molecule has 0 aliphatic carbocycles. The molecule has 0 saturated carbocycles. The molecule has 1 atom stereocenters. The van der Waals surface area contributed by atoms with E-state index >= 15 is 0 Å². The minimum absolute atomic E-state index is 0.0825. The van der Waals surface area contributed by atoms with Crippen molar-refractivity contribution in [1.29, 1.82) is 0 Å². The van der Waals surface area contributed by atoms with Crippen LogP contribution in [-0.4, -0.2) is 12.5 Å². The summed E-state index contributed by atoms with van der Waals surface area (Å²) in [5, 5.41) is 2.68. The van der Waals surface area contributed by atoms with Crippen LogP contribution >= 0.6 is 0 Å². The topological polar surface area (TPSA) is 81.1 Å². The van der Waals surface area contributed by atoms with Crippen molar-refractivity contribution in [1.82, 2.24) is 0 Å². The fourth-order valence-corrected chi connectivity index (χ4v) is 1.15. The monoisotopic (exact) mass is 193 g/mol. The fourth-order valence-electron chi connectivity index (χ4n) is 1.15. The Bertz CT molecular complexity index is 308. The molecule has 0 saturated heterocycles. The Kier molecular flexibility index (Phi) is 3.62. The van der Waals surface area contributed by atoms with Gasteiger partial charge in [-0.1, -0.05) is 12.1 Å². The second kappa shape index (κ2) is 4.74. The van der Waals surface area contributed by atoms with Crippen LogP contribution in [0, 0.1) is 0 Å². The summed E-state index contributed by atoms with van der Waals surface area (Å²) in [6.07, 6.45) is 0. The highest BCUT2D eigenvalue weighted by molar-refractivity contribution is 5.88. The minimum Gasteiger partial charge on any atom is -0.329 e. The maximum absolute atomic E-state index is 10.7. The predicted molar refractivity (Wildman–Crippen MR) is 56.7 cm³/mol. The third-order valence-electron chi connectivity index (χ3n) is 1.91. The lowest BCUT2D eigenvalue weighted by Crippen LogP contribution is -2.20. The molecule has 0 aromatic heterocycles. The first-order valence-electron chi connectivity index (χ1n) is 4.46. The molecule has 0 spiro atoms. The second-order valence-electron chi connectivity index (χ2n) is 3.15. The molecule has 0 aliphatic heterocycles. The van der Waals surface area contributed by atoms with E-state index in [1.807, 2.05) is 24.3 Å². The smallest absolute Gasteiger partial charge is 0.221 e. The molecule has 14 heavy (non-hydrogen) atoms. The van der Waals surface area contributed by atoms with Gasteiger partial charge >= 0.3 is 0 Å². The molecule has 0 aliphatic rings. The molecule has 4 heteroatoms. The van der Waals surface area contributed by atoms with Crippen molar-refractivity contribution in [3.63, 3.8) is 0 Å². The van der Waals surface area contributed by atoms with E-state index in [0.717, 1.165) is 11.3 Å². The first-order valence-corrected chi connectivity index (χ1v) is 4.46. The largest absolute Gasteiger partial charge is 0.329 e. The molecule has 0 fully saturated rings. The summed E-state index contributed by atoms with van der Waals surface area (Å²) in [4.78, 5) is 10.7. The standard InChI is InChI=1S/C10H15N3O/c1-7(14)13-9-4-2-8(3-5-9)10(12)6-11/h2-5,10H,6,11-12H2,1H3,(H,13,14). The summed E-state index contributed by atoms with van der Waals surface area (Å²) in [5.74, 6) is -0.0825. The molecule has 0 radical (unpaired) electrons. The summed E-state index contributed by atoms with van der Waals surface area (Å²) in [6.45, 7) is 1.89. The Morgan fingerprint density at radius 1 is 1.43 bits per heavy atom. The molecule has 1 rings (SSSR count). The SMILES string of the molecule is CC(=O)Nc1ccc(C(N)CN)cc1. The van der Waals surface area contributed by atoms with Crippen LogP contribution in [0.25, 0.3) is 0 Å². The number of benzene rings is 1. The van der Waals surface area contributed by atoms with Crippen molar-refractivity contribution in [2.24, 2.45) is 11.5 Å². The van der Waals surface area contributed by atoms with Crippen molar-refractivity contribution in [2.45, 2.75) is 13.0 Å². The minimum atomic E-state index is -0.138. The second-order valence-corrected chi connectivity index (χ2v) is 3.15. The number of anilines is 1. The van der Waals surface area contributed by atoms with E-state index in [1.165, 1.54) is 6.92 Å². The van der Waals surface area contributed by atoms with Gasteiger partial charge in [-0.15, -0.1) is 0 Å². The maximum Gasteiger partial charge on any atom is 0.221 e. The maximum atomic E-state index is 10.7. The lowest BCUT2D eigenvalue weighted by Gasteiger charge is -2.09. The number of amides is 1. The average Bonchev–Trinajstić information content (AvgIpc) is 2.17. The fraction of sp³-hybridized carbons (Fsp3) is 0.300. The Balaban J connectivity index is 2.73. The number of nitrogens with two attached hydrogens (primary N) is 2. The summed E-state index contributed by atoms with van der Waals surface area (Å²) in [6, 6.07) is 7.21. The Morgan fingerprint density at radius 2 is 2.00 bits per heavy atom. The first-order chi connectivity index (χ1) is 6.63. The van der Waals surface area contributed by atoms with Crippen LogP contribution < -0.4 is 16.8 Å². The van der Waals surface area contributed by atoms with E-state index < -0.39 is 0 Å². The van der Waals surface area contributed by atoms with Gasteiger partial charge in [-0.3, -0.25) is 4.79 Å². The zero-order chi connectivity index (χ0) is 10.6. The van der Waals surface area contributed by atoms with E-state index in [-0.39, 0.29) is 11.9 Å². The van der Waals surface area contributed by atoms with Gasteiger partial charge in [0.1, 0.15) is 0 Å². The number of carbonyl (C=O) groups excluding carboxylic acids is 1. The zero-order valence-corrected chi connectivity index (χ0v) is 8.16. The third kappa shape index (κ3) is 2.83. The number of rotatable bonds is 3. The van der Waals surface area contributed by atoms with Crippen molar-refractivity contribution in [3.05, 3.63) is 29.8 Å². The van der Waals surface area contributed by atoms with Crippen molar-refractivity contribution in [3.8, 4) is 0 Å². The molecule has 76 valence electrons. The van der Waals surface area contributed by atoms with Gasteiger partial charge in [0.2, 0.25) is 5.91 Å². The highest BCUT2D eigenvalue weighted by Crippen LogP contribution is 2.13. The molecule has 4 nitrogen and oxygen atoms in total. The third-order valence-corrected chi connectivity index (χ3v) is 1.91. The summed E-state index contributed by atoms with van der Waals surface area (Å²) in [5.41, 5.74) is 12.9. The lowest BCUT2D eigenvalue weighted by atomic mass is 10.1. The molecular formula is C10H15N3O. The molecule has 5 N–H and O–H groups in total. The summed E-state index contributed by atoms with van der Waals surface area (Å²) < 4.78 is 0. The predicted octanol–water partition coefficient (Wildman–Crippen LogP) is 0.603. The van der Waals surface area contributed by atoms with Gasteiger partial charge in [-0.05, 0) is 17.7 Å². The van der Waals surface area contributed by atoms with Crippen molar-refractivity contribution in [2.75, 3.05) is 11.9 Å². The molecule has 0 bridgehead atoms. The van der Waals surface area contributed by atoms with E-state index in [1.54, 1.807) is 0 Å². The lowest BCUT2D eigenvalue weighted by molar-refractivity contribution is -0.114. The van der Waals surface area contributed by atoms with Crippen molar-refractivity contribution < 1.29 is 4.79 Å². The van der Waals surface area contributed by atoms with E-state index in [4.69, 9.17) is 11.5 Å². The van der Waals surface area contributed by atoms with Crippen LogP contribution in [0.15, 0.2) is 24.3 Å². The van der Waals surface area contributed by atoms with E-state index in [0.29, 0.717) is 6.54 Å². The normalized spacial score (nSPS) is 12.2. The molecule has 1 amide bonds. The van der Waals surface area contributed by atoms with Gasteiger partial charge in [-0.2, -0.15) is 0 Å². The molecular weight excluding hydrogens is 178 g/mol. The van der Waals surface area contributed by atoms with Crippen LogP contribution in [0.5, 0.6) is 0 Å².